The quantitative estimate of drug-likeness (QED) is 0.705. The number of carboxylic acids is 1. The Kier molecular flexibility index (Phi) is 4.57. The van der Waals surface area contributed by atoms with Gasteiger partial charge >= 0.3 is 5.97 Å². The second kappa shape index (κ2) is 6.17. The molecule has 0 aliphatic heterocycles. The fourth-order valence-electron chi connectivity index (χ4n) is 1.07. The molecule has 88 valence electrons. The number of rotatable bonds is 1. The summed E-state index contributed by atoms with van der Waals surface area (Å²) in [4.78, 5) is 10.2. The van der Waals surface area contributed by atoms with Crippen molar-refractivity contribution in [3.05, 3.63) is 60.2 Å². The lowest BCUT2D eigenvalue weighted by Crippen LogP contribution is -1.94. The summed E-state index contributed by atoms with van der Waals surface area (Å²) in [7, 11) is 0. The van der Waals surface area contributed by atoms with Crippen molar-refractivity contribution in [1.29, 1.82) is 0 Å². The van der Waals surface area contributed by atoms with Crippen LogP contribution in [0.1, 0.15) is 10.4 Å². The highest BCUT2D eigenvalue weighted by molar-refractivity contribution is 5.87. The SMILES string of the molecule is O=C(O)c1cccc(O)c1.Oc1ccccc1. The van der Waals surface area contributed by atoms with E-state index >= 15 is 0 Å². The molecule has 3 N–H and O–H groups in total. The first-order chi connectivity index (χ1) is 8.09. The third kappa shape index (κ3) is 4.70. The number of aromatic hydroxyl groups is 2. The zero-order chi connectivity index (χ0) is 12.7. The number of phenols is 2. The number of para-hydroxylation sites is 1. The number of carbonyl (C=O) groups is 1. The van der Waals surface area contributed by atoms with Gasteiger partial charge in [-0.05, 0) is 30.3 Å². The summed E-state index contributed by atoms with van der Waals surface area (Å²) >= 11 is 0. The third-order valence-electron chi connectivity index (χ3n) is 1.85. The van der Waals surface area contributed by atoms with Gasteiger partial charge in [0.05, 0.1) is 5.56 Å². The Hall–Kier alpha value is -2.49. The van der Waals surface area contributed by atoms with E-state index in [1.54, 1.807) is 24.3 Å². The van der Waals surface area contributed by atoms with E-state index < -0.39 is 5.97 Å². The maximum absolute atomic E-state index is 10.2. The Labute approximate surface area is 98.4 Å². The summed E-state index contributed by atoms with van der Waals surface area (Å²) in [6.45, 7) is 0. The first-order valence-corrected chi connectivity index (χ1v) is 4.86. The first kappa shape index (κ1) is 12.6. The summed E-state index contributed by atoms with van der Waals surface area (Å²) in [6, 6.07) is 14.2. The van der Waals surface area contributed by atoms with Crippen molar-refractivity contribution in [2.45, 2.75) is 0 Å². The predicted molar refractivity (Wildman–Crippen MR) is 63.2 cm³/mol. The van der Waals surface area contributed by atoms with Gasteiger partial charge in [-0.1, -0.05) is 24.3 Å². The standard InChI is InChI=1S/C7H6O3.C6H6O/c8-6-3-1-2-5(4-6)7(9)10;7-6-4-2-1-3-5-6/h1-4,8H,(H,9,10);1-5,7H. The molecule has 0 unspecified atom stereocenters. The summed E-state index contributed by atoms with van der Waals surface area (Å²) in [5.41, 5.74) is 0.0972. The minimum absolute atomic E-state index is 0.0279. The molecule has 0 atom stereocenters. The van der Waals surface area contributed by atoms with Gasteiger partial charge in [0.25, 0.3) is 0 Å². The number of carboxylic acid groups (broad SMARTS) is 1. The number of aromatic carboxylic acids is 1. The molecule has 4 heteroatoms. The van der Waals surface area contributed by atoms with Crippen LogP contribution >= 0.6 is 0 Å². The molecule has 0 saturated carbocycles. The maximum atomic E-state index is 10.2. The van der Waals surface area contributed by atoms with E-state index in [2.05, 4.69) is 0 Å². The van der Waals surface area contributed by atoms with E-state index in [9.17, 15) is 4.79 Å². The van der Waals surface area contributed by atoms with Gasteiger partial charge < -0.3 is 15.3 Å². The molecule has 0 fully saturated rings. The Morgan fingerprint density at radius 2 is 1.41 bits per heavy atom. The van der Waals surface area contributed by atoms with E-state index in [-0.39, 0.29) is 11.3 Å². The van der Waals surface area contributed by atoms with Crippen molar-refractivity contribution >= 4 is 5.97 Å². The Balaban J connectivity index is 0.000000181. The molecule has 2 aromatic rings. The van der Waals surface area contributed by atoms with Crippen LogP contribution in [-0.4, -0.2) is 21.3 Å². The summed E-state index contributed by atoms with van der Waals surface area (Å²) < 4.78 is 0. The molecule has 0 radical (unpaired) electrons. The molecular formula is C13H12O4. The minimum Gasteiger partial charge on any atom is -0.508 e. The molecule has 0 aromatic heterocycles. The summed E-state index contributed by atoms with van der Waals surface area (Å²) in [5.74, 6) is -0.738. The monoisotopic (exact) mass is 232 g/mol. The highest BCUT2D eigenvalue weighted by Crippen LogP contribution is 2.09. The van der Waals surface area contributed by atoms with Crippen molar-refractivity contribution in [3.63, 3.8) is 0 Å². The molecule has 0 aliphatic rings. The molecule has 2 rings (SSSR count). The highest BCUT2D eigenvalue weighted by atomic mass is 16.4. The lowest BCUT2D eigenvalue weighted by atomic mass is 10.2. The third-order valence-corrected chi connectivity index (χ3v) is 1.85. The van der Waals surface area contributed by atoms with Crippen LogP contribution in [0.25, 0.3) is 0 Å². The normalized spacial score (nSPS) is 8.94. The molecule has 0 saturated heterocycles. The lowest BCUT2D eigenvalue weighted by Gasteiger charge is -1.92. The Bertz CT molecular complexity index is 480. The molecule has 4 nitrogen and oxygen atoms in total. The molecular weight excluding hydrogens is 220 g/mol. The molecule has 0 aliphatic carbocycles. The largest absolute Gasteiger partial charge is 0.508 e. The maximum Gasteiger partial charge on any atom is 0.335 e. The second-order valence-electron chi connectivity index (χ2n) is 3.19. The van der Waals surface area contributed by atoms with Crippen LogP contribution in [0.4, 0.5) is 0 Å². The van der Waals surface area contributed by atoms with Gasteiger partial charge in [0.1, 0.15) is 11.5 Å². The van der Waals surface area contributed by atoms with Crippen molar-refractivity contribution in [1.82, 2.24) is 0 Å². The van der Waals surface area contributed by atoms with Gasteiger partial charge in [0.15, 0.2) is 0 Å². The topological polar surface area (TPSA) is 77.8 Å². The van der Waals surface area contributed by atoms with Gasteiger partial charge in [-0.2, -0.15) is 0 Å². The van der Waals surface area contributed by atoms with Crippen LogP contribution in [0, 0.1) is 0 Å². The highest BCUT2D eigenvalue weighted by Gasteiger charge is 2.00. The molecule has 0 amide bonds. The van der Waals surface area contributed by atoms with E-state index in [1.807, 2.05) is 6.07 Å². The second-order valence-corrected chi connectivity index (χ2v) is 3.19. The van der Waals surface area contributed by atoms with E-state index in [0.717, 1.165) is 0 Å². The van der Waals surface area contributed by atoms with Gasteiger partial charge in [0.2, 0.25) is 0 Å². The van der Waals surface area contributed by atoms with Crippen LogP contribution in [-0.2, 0) is 0 Å². The summed E-state index contributed by atoms with van der Waals surface area (Å²) in [5, 5.41) is 25.8. The van der Waals surface area contributed by atoms with Crippen LogP contribution < -0.4 is 0 Å². The van der Waals surface area contributed by atoms with Gasteiger partial charge in [-0.15, -0.1) is 0 Å². The number of hydrogen-bond acceptors (Lipinski definition) is 3. The fourth-order valence-corrected chi connectivity index (χ4v) is 1.07. The smallest absolute Gasteiger partial charge is 0.335 e. The Morgan fingerprint density at radius 3 is 1.76 bits per heavy atom. The van der Waals surface area contributed by atoms with Crippen molar-refractivity contribution in [3.8, 4) is 11.5 Å². The first-order valence-electron chi connectivity index (χ1n) is 4.86. The van der Waals surface area contributed by atoms with E-state index in [0.29, 0.717) is 5.75 Å². The van der Waals surface area contributed by atoms with Gasteiger partial charge in [0, 0.05) is 0 Å². The van der Waals surface area contributed by atoms with Gasteiger partial charge in [-0.3, -0.25) is 0 Å². The van der Waals surface area contributed by atoms with Crippen LogP contribution in [0.3, 0.4) is 0 Å². The summed E-state index contributed by atoms with van der Waals surface area (Å²) in [6.07, 6.45) is 0. The van der Waals surface area contributed by atoms with Crippen molar-refractivity contribution < 1.29 is 20.1 Å². The van der Waals surface area contributed by atoms with E-state index in [4.69, 9.17) is 15.3 Å². The Morgan fingerprint density at radius 1 is 0.824 bits per heavy atom. The lowest BCUT2D eigenvalue weighted by molar-refractivity contribution is 0.0696. The zero-order valence-corrected chi connectivity index (χ0v) is 8.95. The number of hydrogen-bond donors (Lipinski definition) is 3. The predicted octanol–water partition coefficient (Wildman–Crippen LogP) is 2.48. The number of benzene rings is 2. The average molecular weight is 232 g/mol. The van der Waals surface area contributed by atoms with Crippen LogP contribution in [0.15, 0.2) is 54.6 Å². The van der Waals surface area contributed by atoms with Gasteiger partial charge in [-0.25, -0.2) is 4.79 Å². The van der Waals surface area contributed by atoms with Crippen molar-refractivity contribution in [2.75, 3.05) is 0 Å². The minimum atomic E-state index is -1.03. The number of phenolic OH excluding ortho intramolecular Hbond substituents is 2. The molecule has 17 heavy (non-hydrogen) atoms. The van der Waals surface area contributed by atoms with E-state index in [1.165, 1.54) is 24.3 Å². The van der Waals surface area contributed by atoms with Crippen LogP contribution in [0.5, 0.6) is 11.5 Å². The fraction of sp³-hybridized carbons (Fsp3) is 0. The molecule has 0 bridgehead atoms. The molecule has 0 heterocycles. The average Bonchev–Trinajstić information content (AvgIpc) is 2.31. The van der Waals surface area contributed by atoms with Crippen molar-refractivity contribution in [2.24, 2.45) is 0 Å². The zero-order valence-electron chi connectivity index (χ0n) is 8.95. The molecule has 2 aromatic carbocycles. The van der Waals surface area contributed by atoms with Crippen LogP contribution in [0.2, 0.25) is 0 Å². The molecule has 0 spiro atoms.